The van der Waals surface area contributed by atoms with Crippen LogP contribution in [0.5, 0.6) is 0 Å². The van der Waals surface area contributed by atoms with Gasteiger partial charge in [0.2, 0.25) is 0 Å². The zero-order valence-electron chi connectivity index (χ0n) is 11.4. The number of hydrogen-bond acceptors (Lipinski definition) is 0. The van der Waals surface area contributed by atoms with Gasteiger partial charge in [0.15, 0.2) is 5.69 Å². The van der Waals surface area contributed by atoms with Crippen molar-refractivity contribution in [1.29, 1.82) is 0 Å². The smallest absolute Gasteiger partial charge is 0.199 e. The van der Waals surface area contributed by atoms with Crippen molar-refractivity contribution in [3.63, 3.8) is 0 Å². The first-order valence-electron chi connectivity index (χ1n) is 6.71. The lowest BCUT2D eigenvalue weighted by molar-refractivity contribution is 0.501. The highest BCUT2D eigenvalue weighted by Gasteiger charge is 2.15. The number of hydrogen-bond donors (Lipinski definition) is 3. The van der Waals surface area contributed by atoms with Crippen molar-refractivity contribution >= 4 is 28.0 Å². The van der Waals surface area contributed by atoms with E-state index < -0.39 is 5.69 Å². The first kappa shape index (κ1) is 18.0. The predicted molar refractivity (Wildman–Crippen MR) is 85.7 cm³/mol. The molecular weight excluding hydrogens is 271 g/mol. The summed E-state index contributed by atoms with van der Waals surface area (Å²) in [5.41, 5.74) is -2.94. The van der Waals surface area contributed by atoms with Gasteiger partial charge in [0.25, 0.3) is 0 Å². The molecule has 0 rings (SSSR count). The maximum Gasteiger partial charge on any atom is 0.199 e. The zero-order valence-corrected chi connectivity index (χ0v) is 14.0. The molecule has 2 N–H and O–H groups in total. The molecule has 0 bridgehead atoms. The van der Waals surface area contributed by atoms with Gasteiger partial charge in [0.05, 0.1) is 0 Å². The zero-order chi connectivity index (χ0) is 13.3. The van der Waals surface area contributed by atoms with Gasteiger partial charge in [-0.1, -0.05) is 65.1 Å². The van der Waals surface area contributed by atoms with Crippen molar-refractivity contribution in [3.8, 4) is 0 Å². The average molecular weight is 300 g/mol. The topological polar surface area (TPSA) is 40.5 Å². The molecule has 106 valence electrons. The Bertz CT molecular complexity index is 243. The van der Waals surface area contributed by atoms with Gasteiger partial charge in [0.1, 0.15) is 0 Å². The Labute approximate surface area is 114 Å². The lowest BCUT2D eigenvalue weighted by Crippen LogP contribution is -2.13. The summed E-state index contributed by atoms with van der Waals surface area (Å²) in [4.78, 5) is 19.5. The molecule has 5 heteroatoms. The van der Waals surface area contributed by atoms with Gasteiger partial charge in [-0.05, 0) is 18.6 Å². The molecule has 0 heterocycles. The first-order chi connectivity index (χ1) is 7.93. The fourth-order valence-electron chi connectivity index (χ4n) is 1.79. The van der Waals surface area contributed by atoms with Crippen LogP contribution in [0.4, 0.5) is 0 Å². The predicted octanol–water partition coefficient (Wildman–Crippen LogP) is 4.36. The molecular formula is C12H29O2PS2. The van der Waals surface area contributed by atoms with E-state index in [1.165, 1.54) is 32.1 Å². The molecule has 0 fully saturated rings. The van der Waals surface area contributed by atoms with E-state index in [1.807, 2.05) is 0 Å². The SMILES string of the molecule is CCCCCCCCS(C(C)CC)=P(O)(O)S. The number of thiol groups is 1. The van der Waals surface area contributed by atoms with Crippen LogP contribution in [0.3, 0.4) is 0 Å². The van der Waals surface area contributed by atoms with Gasteiger partial charge in [0, 0.05) is 5.25 Å². The van der Waals surface area contributed by atoms with Crippen LogP contribution in [0.2, 0.25) is 0 Å². The van der Waals surface area contributed by atoms with Crippen molar-refractivity contribution in [2.45, 2.75) is 71.0 Å². The van der Waals surface area contributed by atoms with E-state index in [9.17, 15) is 9.79 Å². The minimum absolute atomic E-state index is 0.307. The molecule has 0 saturated heterocycles. The summed E-state index contributed by atoms with van der Waals surface area (Å²) in [5.74, 6) is 0.936. The number of rotatable bonds is 9. The minimum atomic E-state index is -2.94. The molecule has 0 radical (unpaired) electrons. The lowest BCUT2D eigenvalue weighted by atomic mass is 10.1. The molecule has 0 aliphatic heterocycles. The molecule has 0 aliphatic carbocycles. The quantitative estimate of drug-likeness (QED) is 0.336. The molecule has 17 heavy (non-hydrogen) atoms. The maximum atomic E-state index is 9.76. The highest BCUT2D eigenvalue weighted by atomic mass is 32.9. The van der Waals surface area contributed by atoms with Crippen LogP contribution in [-0.4, -0.2) is 20.8 Å². The Morgan fingerprint density at radius 3 is 2.06 bits per heavy atom. The summed E-state index contributed by atoms with van der Waals surface area (Å²) in [6, 6.07) is 0. The Morgan fingerprint density at radius 1 is 1.06 bits per heavy atom. The third-order valence-electron chi connectivity index (χ3n) is 3.06. The Kier molecular flexibility index (Phi) is 10.5. The molecule has 0 aromatic heterocycles. The van der Waals surface area contributed by atoms with Crippen LogP contribution in [0, 0.1) is 0 Å². The van der Waals surface area contributed by atoms with Gasteiger partial charge < -0.3 is 9.79 Å². The minimum Gasteiger partial charge on any atom is -0.341 e. The molecule has 0 saturated carbocycles. The van der Waals surface area contributed by atoms with Crippen molar-refractivity contribution in [3.05, 3.63) is 0 Å². The van der Waals surface area contributed by atoms with E-state index >= 15 is 0 Å². The monoisotopic (exact) mass is 300 g/mol. The summed E-state index contributed by atoms with van der Waals surface area (Å²) in [6.45, 7) is 6.44. The van der Waals surface area contributed by atoms with Crippen LogP contribution in [0.1, 0.15) is 65.7 Å². The van der Waals surface area contributed by atoms with Crippen LogP contribution < -0.4 is 0 Å². The van der Waals surface area contributed by atoms with E-state index in [2.05, 4.69) is 33.0 Å². The average Bonchev–Trinajstić information content (AvgIpc) is 2.25. The van der Waals surface area contributed by atoms with Crippen molar-refractivity contribution in [1.82, 2.24) is 0 Å². The Hall–Kier alpha value is 1.05. The number of unbranched alkanes of at least 4 members (excludes halogenated alkanes) is 5. The second kappa shape index (κ2) is 9.91. The lowest BCUT2D eigenvalue weighted by Gasteiger charge is -2.21. The molecule has 0 aromatic rings. The molecule has 2 nitrogen and oxygen atoms in total. The fourth-order valence-corrected chi connectivity index (χ4v) is 9.00. The van der Waals surface area contributed by atoms with Gasteiger partial charge in [-0.3, -0.25) is 0 Å². The third kappa shape index (κ3) is 8.72. The van der Waals surface area contributed by atoms with Gasteiger partial charge in [-0.25, -0.2) is 0 Å². The summed E-state index contributed by atoms with van der Waals surface area (Å²) < 4.78 is 0. The molecule has 0 aliphatic rings. The molecule has 0 amide bonds. The van der Waals surface area contributed by atoms with Crippen molar-refractivity contribution in [2.24, 2.45) is 0 Å². The van der Waals surface area contributed by atoms with E-state index in [0.717, 1.165) is 18.6 Å². The Morgan fingerprint density at radius 2 is 1.59 bits per heavy atom. The van der Waals surface area contributed by atoms with Crippen molar-refractivity contribution < 1.29 is 9.79 Å². The molecule has 2 unspecified atom stereocenters. The van der Waals surface area contributed by atoms with Gasteiger partial charge in [-0.15, -0.1) is 10.1 Å². The van der Waals surface area contributed by atoms with Crippen LogP contribution in [0.25, 0.3) is 0 Å². The fraction of sp³-hybridized carbons (Fsp3) is 1.00. The highest BCUT2D eigenvalue weighted by Crippen LogP contribution is 2.48. The molecule has 2 atom stereocenters. The maximum absolute atomic E-state index is 9.76. The van der Waals surface area contributed by atoms with E-state index in [4.69, 9.17) is 0 Å². The third-order valence-corrected chi connectivity index (χ3v) is 11.1. The van der Waals surface area contributed by atoms with Crippen LogP contribution in [0.15, 0.2) is 0 Å². The van der Waals surface area contributed by atoms with E-state index in [0.29, 0.717) is 5.25 Å². The summed E-state index contributed by atoms with van der Waals surface area (Å²) in [7, 11) is -0.307. The molecule has 0 aromatic carbocycles. The largest absolute Gasteiger partial charge is 0.341 e. The molecule has 0 spiro atoms. The Balaban J connectivity index is 4.05. The second-order valence-corrected chi connectivity index (χ2v) is 13.1. The second-order valence-electron chi connectivity index (χ2n) is 4.61. The normalized spacial score (nSPS) is 15.9. The summed E-state index contributed by atoms with van der Waals surface area (Å²) in [6.07, 6.45) is 8.51. The summed E-state index contributed by atoms with van der Waals surface area (Å²) >= 11 is 4.04. The van der Waals surface area contributed by atoms with Gasteiger partial charge >= 0.3 is 0 Å². The first-order valence-corrected chi connectivity index (χ1v) is 11.6. The van der Waals surface area contributed by atoms with Crippen LogP contribution >= 0.6 is 17.9 Å². The highest BCUT2D eigenvalue weighted by molar-refractivity contribution is 8.65. The summed E-state index contributed by atoms with van der Waals surface area (Å²) in [5, 5.41) is 0.381. The van der Waals surface area contributed by atoms with Crippen LogP contribution in [-0.2, 0) is 10.1 Å². The van der Waals surface area contributed by atoms with Crippen molar-refractivity contribution in [2.75, 3.05) is 5.75 Å². The van der Waals surface area contributed by atoms with Gasteiger partial charge in [-0.2, -0.15) is 0 Å². The standard InChI is InChI=1S/C12H29O2PS2/c1-4-6-7-8-9-10-11-17(12(3)5-2)15(13,14)16/h12-14,16H,4-11H2,1-3H3. The van der Waals surface area contributed by atoms with E-state index in [-0.39, 0.29) is 10.1 Å². The van der Waals surface area contributed by atoms with E-state index in [1.54, 1.807) is 0 Å².